The van der Waals surface area contributed by atoms with Crippen LogP contribution in [0, 0.1) is 6.92 Å². The van der Waals surface area contributed by atoms with E-state index in [9.17, 15) is 24.3 Å². The van der Waals surface area contributed by atoms with E-state index in [1.165, 1.54) is 20.3 Å². The first-order valence-corrected chi connectivity index (χ1v) is 9.06. The zero-order chi connectivity index (χ0) is 22.6. The minimum Gasteiger partial charge on any atom is -0.506 e. The third kappa shape index (κ3) is 2.85. The Bertz CT molecular complexity index is 1420. The molecule has 1 heterocycles. The average molecular weight is 424 g/mol. The van der Waals surface area contributed by atoms with Gasteiger partial charge in [-0.15, -0.1) is 0 Å². The summed E-state index contributed by atoms with van der Waals surface area (Å²) < 4.78 is 21.2. The Labute approximate surface area is 174 Å². The van der Waals surface area contributed by atoms with Crippen molar-refractivity contribution in [3.8, 4) is 17.2 Å². The van der Waals surface area contributed by atoms with E-state index in [2.05, 4.69) is 0 Å². The van der Waals surface area contributed by atoms with Crippen LogP contribution < -0.4 is 14.9 Å². The Morgan fingerprint density at radius 2 is 1.74 bits per heavy atom. The molecule has 158 valence electrons. The monoisotopic (exact) mass is 424 g/mol. The molecule has 9 heteroatoms. The number of allylic oxidation sites excluding steroid dienone is 2. The molecule has 0 radical (unpaired) electrons. The molecule has 4 rings (SSSR count). The number of phenols is 1. The summed E-state index contributed by atoms with van der Waals surface area (Å²) in [4.78, 5) is 50.7. The van der Waals surface area contributed by atoms with Crippen molar-refractivity contribution in [3.63, 3.8) is 0 Å². The van der Waals surface area contributed by atoms with Gasteiger partial charge in [-0.25, -0.2) is 0 Å². The lowest BCUT2D eigenvalue weighted by atomic mass is 9.89. The van der Waals surface area contributed by atoms with Crippen molar-refractivity contribution in [1.82, 2.24) is 0 Å². The number of methoxy groups -OCH3 is 2. The first-order chi connectivity index (χ1) is 14.7. The van der Waals surface area contributed by atoms with Crippen LogP contribution in [0.4, 0.5) is 0 Å². The van der Waals surface area contributed by atoms with E-state index < -0.39 is 45.6 Å². The van der Waals surface area contributed by atoms with Crippen molar-refractivity contribution in [3.05, 3.63) is 50.9 Å². The molecule has 1 aromatic heterocycles. The summed E-state index contributed by atoms with van der Waals surface area (Å²) in [6.07, 6.45) is 0.895. The fraction of sp³-hybridized carbons (Fsp3) is 0.182. The Morgan fingerprint density at radius 1 is 1.03 bits per heavy atom. The van der Waals surface area contributed by atoms with Gasteiger partial charge in [0.1, 0.15) is 22.5 Å². The molecule has 0 amide bonds. The maximum absolute atomic E-state index is 13.3. The molecule has 1 aliphatic rings. The number of hydrogen-bond donors (Lipinski definition) is 1. The fourth-order valence-corrected chi connectivity index (χ4v) is 3.68. The molecular formula is C22H16O9. The normalized spacial score (nSPS) is 13.2. The number of phenolic OH excluding ortho intramolecular Hbond substituents is 1. The molecule has 0 unspecified atom stereocenters. The SMILES string of the molecule is COC1=CC(=O)c2c(c(OC(C)=O)c3oc4cc(OC)cc(C)c4c(=O)c3c2O)C1=O. The maximum Gasteiger partial charge on any atom is 0.308 e. The van der Waals surface area contributed by atoms with Crippen LogP contribution in [0.2, 0.25) is 0 Å². The molecule has 0 aliphatic heterocycles. The zero-order valence-corrected chi connectivity index (χ0v) is 16.9. The number of carbonyl (C=O) groups excluding carboxylic acids is 3. The van der Waals surface area contributed by atoms with Crippen LogP contribution in [0.25, 0.3) is 21.9 Å². The summed E-state index contributed by atoms with van der Waals surface area (Å²) in [6, 6.07) is 3.06. The predicted octanol–water partition coefficient (Wildman–Crippen LogP) is 2.80. The van der Waals surface area contributed by atoms with E-state index in [1.807, 2.05) is 0 Å². The summed E-state index contributed by atoms with van der Waals surface area (Å²) in [5.74, 6) is -3.52. The summed E-state index contributed by atoms with van der Waals surface area (Å²) in [5, 5.41) is 10.6. The van der Waals surface area contributed by atoms with Gasteiger partial charge in [-0.05, 0) is 18.6 Å². The molecule has 1 aliphatic carbocycles. The lowest BCUT2D eigenvalue weighted by molar-refractivity contribution is -0.131. The van der Waals surface area contributed by atoms with E-state index in [0.717, 1.165) is 13.0 Å². The maximum atomic E-state index is 13.3. The molecule has 0 spiro atoms. The number of aryl methyl sites for hydroxylation is 1. The van der Waals surface area contributed by atoms with E-state index in [-0.39, 0.29) is 27.7 Å². The lowest BCUT2D eigenvalue weighted by Gasteiger charge is -2.20. The van der Waals surface area contributed by atoms with Gasteiger partial charge in [0, 0.05) is 19.1 Å². The van der Waals surface area contributed by atoms with Gasteiger partial charge in [-0.2, -0.15) is 0 Å². The molecule has 0 fully saturated rings. The van der Waals surface area contributed by atoms with Crippen molar-refractivity contribution in [2.45, 2.75) is 13.8 Å². The van der Waals surface area contributed by atoms with E-state index in [4.69, 9.17) is 18.6 Å². The van der Waals surface area contributed by atoms with Gasteiger partial charge in [-0.3, -0.25) is 19.2 Å². The van der Waals surface area contributed by atoms with Gasteiger partial charge in [0.2, 0.25) is 11.2 Å². The molecule has 9 nitrogen and oxygen atoms in total. The van der Waals surface area contributed by atoms with Crippen LogP contribution in [0.1, 0.15) is 33.2 Å². The smallest absolute Gasteiger partial charge is 0.308 e. The first kappa shape index (κ1) is 20.1. The number of carbonyl (C=O) groups is 3. The van der Waals surface area contributed by atoms with Crippen LogP contribution in [0.5, 0.6) is 17.2 Å². The number of fused-ring (bicyclic) bond motifs is 3. The standard InChI is InChI=1S/C22H16O9/c1-8-5-10(28-3)6-12-14(8)19(26)17-20(27)15-11(24)7-13(29-4)18(25)16(15)21(22(17)31-12)30-9(2)23/h5-7,27H,1-4H3. The minimum absolute atomic E-state index is 0.0826. The number of Topliss-reactive ketones (excluding diaryl/α,β-unsaturated/α-hetero) is 1. The van der Waals surface area contributed by atoms with E-state index in [1.54, 1.807) is 13.0 Å². The van der Waals surface area contributed by atoms with Crippen molar-refractivity contribution < 1.29 is 38.1 Å². The van der Waals surface area contributed by atoms with Crippen LogP contribution in [0.3, 0.4) is 0 Å². The Kier molecular flexibility index (Phi) is 4.53. The van der Waals surface area contributed by atoms with Crippen molar-refractivity contribution in [2.24, 2.45) is 0 Å². The highest BCUT2D eigenvalue weighted by Gasteiger charge is 2.37. The molecule has 31 heavy (non-hydrogen) atoms. The van der Waals surface area contributed by atoms with Crippen molar-refractivity contribution in [2.75, 3.05) is 14.2 Å². The van der Waals surface area contributed by atoms with Gasteiger partial charge in [-0.1, -0.05) is 0 Å². The highest BCUT2D eigenvalue weighted by molar-refractivity contribution is 6.28. The second-order valence-electron chi connectivity index (χ2n) is 6.88. The fourth-order valence-electron chi connectivity index (χ4n) is 3.68. The van der Waals surface area contributed by atoms with Gasteiger partial charge >= 0.3 is 5.97 Å². The molecule has 2 aromatic carbocycles. The highest BCUT2D eigenvalue weighted by Crippen LogP contribution is 2.43. The number of ether oxygens (including phenoxy) is 3. The third-order valence-corrected chi connectivity index (χ3v) is 4.98. The molecule has 3 aromatic rings. The first-order valence-electron chi connectivity index (χ1n) is 9.06. The second-order valence-corrected chi connectivity index (χ2v) is 6.88. The molecule has 0 atom stereocenters. The number of rotatable bonds is 3. The third-order valence-electron chi connectivity index (χ3n) is 4.98. The summed E-state index contributed by atoms with van der Waals surface area (Å²) in [6.45, 7) is 2.73. The van der Waals surface area contributed by atoms with Crippen LogP contribution >= 0.6 is 0 Å². The summed E-state index contributed by atoms with van der Waals surface area (Å²) in [5.41, 5.74) is -1.32. The number of benzene rings is 2. The molecular weight excluding hydrogens is 408 g/mol. The highest BCUT2D eigenvalue weighted by atomic mass is 16.5. The molecule has 0 bridgehead atoms. The summed E-state index contributed by atoms with van der Waals surface area (Å²) >= 11 is 0. The molecule has 0 saturated heterocycles. The van der Waals surface area contributed by atoms with Gasteiger partial charge in [0.05, 0.1) is 30.7 Å². The average Bonchev–Trinajstić information content (AvgIpc) is 2.71. The van der Waals surface area contributed by atoms with Crippen LogP contribution in [-0.2, 0) is 9.53 Å². The van der Waals surface area contributed by atoms with Crippen LogP contribution in [0.15, 0.2) is 33.2 Å². The zero-order valence-electron chi connectivity index (χ0n) is 16.9. The Hall–Kier alpha value is -4.14. The Morgan fingerprint density at radius 3 is 2.35 bits per heavy atom. The predicted molar refractivity (Wildman–Crippen MR) is 108 cm³/mol. The topological polar surface area (TPSA) is 129 Å². The summed E-state index contributed by atoms with van der Waals surface area (Å²) in [7, 11) is 2.63. The second kappa shape index (κ2) is 6.98. The van der Waals surface area contributed by atoms with Crippen molar-refractivity contribution >= 4 is 39.5 Å². The number of aromatic hydroxyl groups is 1. The number of hydrogen-bond acceptors (Lipinski definition) is 9. The lowest BCUT2D eigenvalue weighted by Crippen LogP contribution is -2.22. The quantitative estimate of drug-likeness (QED) is 0.383. The van der Waals surface area contributed by atoms with Crippen molar-refractivity contribution in [1.29, 1.82) is 0 Å². The Balaban J connectivity index is 2.27. The van der Waals surface area contributed by atoms with Gasteiger partial charge in [0.15, 0.2) is 22.9 Å². The minimum atomic E-state index is -0.826. The van der Waals surface area contributed by atoms with E-state index >= 15 is 0 Å². The number of esters is 1. The van der Waals surface area contributed by atoms with Crippen LogP contribution in [-0.4, -0.2) is 36.9 Å². The molecule has 0 saturated carbocycles. The van der Waals surface area contributed by atoms with Gasteiger partial charge in [0.25, 0.3) is 0 Å². The number of ketones is 2. The molecule has 1 N–H and O–H groups in total. The largest absolute Gasteiger partial charge is 0.506 e. The van der Waals surface area contributed by atoms with Gasteiger partial charge < -0.3 is 23.7 Å². The van der Waals surface area contributed by atoms with E-state index in [0.29, 0.717) is 11.3 Å².